The lowest BCUT2D eigenvalue weighted by atomic mass is 9.89. The summed E-state index contributed by atoms with van der Waals surface area (Å²) in [5.41, 5.74) is 7.60. The Morgan fingerprint density at radius 3 is 2.38 bits per heavy atom. The van der Waals surface area contributed by atoms with Gasteiger partial charge in [0, 0.05) is 5.92 Å². The number of hydrogen-bond acceptors (Lipinski definition) is 2. The molecule has 2 N–H and O–H groups in total. The molecule has 1 atom stereocenters. The summed E-state index contributed by atoms with van der Waals surface area (Å²) in [5, 5.41) is 0. The Bertz CT molecular complexity index is 296. The normalized spacial score (nSPS) is 13.1. The molecule has 0 aromatic heterocycles. The maximum absolute atomic E-state index is 11.7. The molecule has 0 saturated heterocycles. The van der Waals surface area contributed by atoms with Gasteiger partial charge in [0.2, 0.25) is 0 Å². The Morgan fingerprint density at radius 1 is 1.38 bits per heavy atom. The average molecular weight is 221 g/mol. The molecule has 0 fully saturated rings. The van der Waals surface area contributed by atoms with Gasteiger partial charge in [-0.3, -0.25) is 4.79 Å². The molecule has 2 nitrogen and oxygen atoms in total. The smallest absolute Gasteiger partial charge is 0.153 e. The topological polar surface area (TPSA) is 43.1 Å². The Kier molecular flexibility index (Phi) is 7.48. The van der Waals surface area contributed by atoms with E-state index in [0.717, 1.165) is 18.4 Å². The molecule has 0 amide bonds. The molecule has 0 aliphatic carbocycles. The fourth-order valence-electron chi connectivity index (χ4n) is 1.53. The predicted octanol–water partition coefficient (Wildman–Crippen LogP) is 3.01. The van der Waals surface area contributed by atoms with Gasteiger partial charge in [-0.1, -0.05) is 43.7 Å². The Hall–Kier alpha value is -1.15. The maximum Gasteiger partial charge on any atom is 0.153 e. The minimum atomic E-state index is -0.0944. The summed E-state index contributed by atoms with van der Waals surface area (Å²) in [6, 6.07) is 0. The van der Waals surface area contributed by atoms with Crippen molar-refractivity contribution in [2.45, 2.75) is 33.6 Å². The van der Waals surface area contributed by atoms with Crippen LogP contribution in [0.5, 0.6) is 0 Å². The van der Waals surface area contributed by atoms with Gasteiger partial charge in [-0.15, -0.1) is 0 Å². The van der Waals surface area contributed by atoms with Gasteiger partial charge in [-0.05, 0) is 25.8 Å². The van der Waals surface area contributed by atoms with Crippen molar-refractivity contribution in [1.82, 2.24) is 0 Å². The summed E-state index contributed by atoms with van der Waals surface area (Å²) >= 11 is 0. The number of nitrogens with two attached hydrogens (primary N) is 1. The highest BCUT2D eigenvalue weighted by Crippen LogP contribution is 2.19. The van der Waals surface area contributed by atoms with E-state index < -0.39 is 0 Å². The second kappa shape index (κ2) is 8.05. The van der Waals surface area contributed by atoms with Gasteiger partial charge < -0.3 is 5.73 Å². The van der Waals surface area contributed by atoms with Crippen molar-refractivity contribution >= 4 is 5.78 Å². The molecule has 90 valence electrons. The van der Waals surface area contributed by atoms with Crippen LogP contribution in [0.4, 0.5) is 0 Å². The number of ketones is 1. The molecule has 0 aliphatic rings. The zero-order valence-electron chi connectivity index (χ0n) is 10.6. The van der Waals surface area contributed by atoms with Crippen LogP contribution in [0.3, 0.4) is 0 Å². The quantitative estimate of drug-likeness (QED) is 0.671. The van der Waals surface area contributed by atoms with Crippen LogP contribution in [-0.4, -0.2) is 12.3 Å². The summed E-state index contributed by atoms with van der Waals surface area (Å²) in [5.74, 6) is -0.00161. The van der Waals surface area contributed by atoms with E-state index in [9.17, 15) is 4.79 Å². The number of carbonyl (C=O) groups excluding carboxylic acids is 1. The summed E-state index contributed by atoms with van der Waals surface area (Å²) in [7, 11) is 0. The van der Waals surface area contributed by atoms with E-state index in [1.807, 2.05) is 26.0 Å². The number of rotatable bonds is 7. The van der Waals surface area contributed by atoms with Gasteiger partial charge in [0.1, 0.15) is 0 Å². The van der Waals surface area contributed by atoms with Gasteiger partial charge >= 0.3 is 0 Å². The number of Topliss-reactive ketones (excluding diaryl/α,β-unsaturated/α-hetero) is 1. The Labute approximate surface area is 98.9 Å². The summed E-state index contributed by atoms with van der Waals surface area (Å²) in [6.07, 6.45) is 7.54. The first-order valence-corrected chi connectivity index (χ1v) is 5.77. The zero-order chi connectivity index (χ0) is 12.6. The highest BCUT2D eigenvalue weighted by atomic mass is 16.1. The first-order valence-electron chi connectivity index (χ1n) is 5.77. The van der Waals surface area contributed by atoms with Crippen molar-refractivity contribution in [2.75, 3.05) is 6.54 Å². The van der Waals surface area contributed by atoms with Crippen LogP contribution in [0.25, 0.3) is 0 Å². The molecular weight excluding hydrogens is 198 g/mol. The van der Waals surface area contributed by atoms with Crippen molar-refractivity contribution < 1.29 is 4.79 Å². The third-order valence-corrected chi connectivity index (χ3v) is 2.41. The van der Waals surface area contributed by atoms with Crippen molar-refractivity contribution in [2.24, 2.45) is 11.7 Å². The van der Waals surface area contributed by atoms with Crippen LogP contribution in [0.1, 0.15) is 33.6 Å². The van der Waals surface area contributed by atoms with Crippen LogP contribution in [0, 0.1) is 5.92 Å². The average Bonchev–Trinajstić information content (AvgIpc) is 2.27. The summed E-state index contributed by atoms with van der Waals surface area (Å²) in [6.45, 7) is 9.99. The molecule has 0 radical (unpaired) electrons. The van der Waals surface area contributed by atoms with Gasteiger partial charge in [0.05, 0.1) is 6.54 Å². The zero-order valence-corrected chi connectivity index (χ0v) is 10.6. The number of hydrogen-bond donors (Lipinski definition) is 1. The highest BCUT2D eigenvalue weighted by molar-refractivity contribution is 5.86. The molecule has 16 heavy (non-hydrogen) atoms. The summed E-state index contributed by atoms with van der Waals surface area (Å²) < 4.78 is 0. The van der Waals surface area contributed by atoms with Crippen LogP contribution in [0.2, 0.25) is 0 Å². The highest BCUT2D eigenvalue weighted by Gasteiger charge is 2.18. The Morgan fingerprint density at radius 2 is 2.00 bits per heavy atom. The van der Waals surface area contributed by atoms with Crippen molar-refractivity contribution in [3.8, 4) is 0 Å². The lowest BCUT2D eigenvalue weighted by molar-refractivity contribution is -0.120. The van der Waals surface area contributed by atoms with E-state index in [0.29, 0.717) is 0 Å². The first-order chi connectivity index (χ1) is 7.56. The monoisotopic (exact) mass is 221 g/mol. The standard InChI is InChI=1S/C14H23NO/c1-5-7-13(14(16)10-15)12(6-2)9-8-11(3)4/h6,8-9,13H,2,5,7,10,15H2,1,3-4H3/b12-9+. The lowest BCUT2D eigenvalue weighted by Crippen LogP contribution is -2.24. The molecule has 0 aliphatic heterocycles. The largest absolute Gasteiger partial charge is 0.324 e. The number of allylic oxidation sites excluding steroid dienone is 5. The van der Waals surface area contributed by atoms with Crippen LogP contribution < -0.4 is 5.73 Å². The van der Waals surface area contributed by atoms with E-state index in [-0.39, 0.29) is 18.2 Å². The van der Waals surface area contributed by atoms with Crippen LogP contribution in [-0.2, 0) is 4.79 Å². The van der Waals surface area contributed by atoms with Crippen molar-refractivity contribution in [1.29, 1.82) is 0 Å². The molecule has 0 aromatic rings. The van der Waals surface area contributed by atoms with Gasteiger partial charge in [-0.25, -0.2) is 0 Å². The minimum Gasteiger partial charge on any atom is -0.324 e. The second-order valence-corrected chi connectivity index (χ2v) is 4.13. The fraction of sp³-hybridized carbons (Fsp3) is 0.500. The molecule has 0 spiro atoms. The van der Waals surface area contributed by atoms with Crippen LogP contribution >= 0.6 is 0 Å². The second-order valence-electron chi connectivity index (χ2n) is 4.13. The third-order valence-electron chi connectivity index (χ3n) is 2.41. The molecule has 0 saturated carbocycles. The molecule has 0 rings (SSSR count). The van der Waals surface area contributed by atoms with E-state index in [1.165, 1.54) is 5.57 Å². The van der Waals surface area contributed by atoms with Crippen molar-refractivity contribution in [3.63, 3.8) is 0 Å². The molecular formula is C14H23NO. The lowest BCUT2D eigenvalue weighted by Gasteiger charge is -2.15. The first kappa shape index (κ1) is 14.8. The van der Waals surface area contributed by atoms with E-state index >= 15 is 0 Å². The minimum absolute atomic E-state index is 0.0927. The molecule has 0 heterocycles. The molecule has 0 bridgehead atoms. The molecule has 2 heteroatoms. The molecule has 0 aromatic carbocycles. The fourth-order valence-corrected chi connectivity index (χ4v) is 1.53. The van der Waals surface area contributed by atoms with Gasteiger partial charge in [0.25, 0.3) is 0 Å². The number of carbonyl (C=O) groups is 1. The van der Waals surface area contributed by atoms with Gasteiger partial charge in [-0.2, -0.15) is 0 Å². The van der Waals surface area contributed by atoms with Crippen molar-refractivity contribution in [3.05, 3.63) is 36.0 Å². The summed E-state index contributed by atoms with van der Waals surface area (Å²) in [4.78, 5) is 11.7. The van der Waals surface area contributed by atoms with Crippen LogP contribution in [0.15, 0.2) is 36.0 Å². The Balaban J connectivity index is 4.98. The van der Waals surface area contributed by atoms with E-state index in [4.69, 9.17) is 5.73 Å². The predicted molar refractivity (Wildman–Crippen MR) is 70.2 cm³/mol. The van der Waals surface area contributed by atoms with E-state index in [2.05, 4.69) is 13.5 Å². The molecule has 1 unspecified atom stereocenters. The van der Waals surface area contributed by atoms with E-state index in [1.54, 1.807) is 6.08 Å². The third kappa shape index (κ3) is 5.08. The SMILES string of the molecule is C=C/C(=C\C=C(C)C)C(CCC)C(=O)CN. The van der Waals surface area contributed by atoms with Gasteiger partial charge in [0.15, 0.2) is 5.78 Å². The maximum atomic E-state index is 11.7.